The number of carbonyl (C=O) groups excluding carboxylic acids is 1. The molecule has 3 aromatic rings. The van der Waals surface area contributed by atoms with Crippen molar-refractivity contribution in [3.8, 4) is 11.3 Å². The van der Waals surface area contributed by atoms with Crippen molar-refractivity contribution in [3.63, 3.8) is 0 Å². The predicted octanol–water partition coefficient (Wildman–Crippen LogP) is 4.46. The minimum Gasteiger partial charge on any atom is -0.352 e. The third-order valence-corrected chi connectivity index (χ3v) is 5.24. The van der Waals surface area contributed by atoms with Crippen LogP contribution < -0.4 is 10.2 Å². The highest BCUT2D eigenvalue weighted by Crippen LogP contribution is 2.21. The van der Waals surface area contributed by atoms with Crippen LogP contribution in [0.5, 0.6) is 0 Å². The fraction of sp³-hybridized carbons (Fsp3) is 0.227. The van der Waals surface area contributed by atoms with Crippen molar-refractivity contribution < 1.29 is 4.79 Å². The number of hydrogen-bond donors (Lipinski definition) is 1. The van der Waals surface area contributed by atoms with Crippen LogP contribution >= 0.6 is 11.6 Å². The second-order valence-corrected chi connectivity index (χ2v) is 7.49. The van der Waals surface area contributed by atoms with Gasteiger partial charge in [-0.05, 0) is 43.3 Å². The Kier molecular flexibility index (Phi) is 5.62. The van der Waals surface area contributed by atoms with Gasteiger partial charge >= 0.3 is 6.03 Å². The van der Waals surface area contributed by atoms with E-state index in [4.69, 9.17) is 11.6 Å². The number of hydrogen-bond acceptors (Lipinski definition) is 4. The summed E-state index contributed by atoms with van der Waals surface area (Å²) in [4.78, 5) is 16.5. The third kappa shape index (κ3) is 4.66. The van der Waals surface area contributed by atoms with Gasteiger partial charge in [0.2, 0.25) is 0 Å². The fourth-order valence-corrected chi connectivity index (χ4v) is 3.37. The van der Waals surface area contributed by atoms with Crippen LogP contribution in [0.3, 0.4) is 0 Å². The van der Waals surface area contributed by atoms with E-state index in [0.717, 1.165) is 35.9 Å². The number of benzene rings is 2. The number of piperazine rings is 1. The van der Waals surface area contributed by atoms with E-state index < -0.39 is 0 Å². The van der Waals surface area contributed by atoms with Crippen molar-refractivity contribution in [3.05, 3.63) is 71.2 Å². The average Bonchev–Trinajstić information content (AvgIpc) is 2.76. The molecular weight excluding hydrogens is 386 g/mol. The maximum Gasteiger partial charge on any atom is 0.321 e. The Labute approximate surface area is 175 Å². The summed E-state index contributed by atoms with van der Waals surface area (Å²) in [7, 11) is 0. The number of anilines is 2. The molecule has 6 nitrogen and oxygen atoms in total. The zero-order valence-corrected chi connectivity index (χ0v) is 16.9. The minimum atomic E-state index is -0.0716. The van der Waals surface area contributed by atoms with E-state index in [9.17, 15) is 4.79 Å². The van der Waals surface area contributed by atoms with E-state index in [1.165, 1.54) is 5.56 Å². The lowest BCUT2D eigenvalue weighted by Crippen LogP contribution is -2.50. The normalized spacial score (nSPS) is 14.0. The van der Waals surface area contributed by atoms with Gasteiger partial charge in [-0.1, -0.05) is 41.4 Å². The third-order valence-electron chi connectivity index (χ3n) is 4.98. The summed E-state index contributed by atoms with van der Waals surface area (Å²) in [6.45, 7) is 4.74. The first-order valence-electron chi connectivity index (χ1n) is 9.56. The molecule has 1 N–H and O–H groups in total. The Hall–Kier alpha value is -3.12. The van der Waals surface area contributed by atoms with Gasteiger partial charge in [0.05, 0.1) is 5.69 Å². The maximum atomic E-state index is 12.5. The summed E-state index contributed by atoms with van der Waals surface area (Å²) in [6.07, 6.45) is 0. The topological polar surface area (TPSA) is 61.4 Å². The molecule has 0 spiro atoms. The van der Waals surface area contributed by atoms with Crippen LogP contribution in [0.25, 0.3) is 11.3 Å². The summed E-state index contributed by atoms with van der Waals surface area (Å²) >= 11 is 5.94. The molecule has 29 heavy (non-hydrogen) atoms. The van der Waals surface area contributed by atoms with Gasteiger partial charge in [0.25, 0.3) is 0 Å². The van der Waals surface area contributed by atoms with Crippen LogP contribution in [0.4, 0.5) is 16.3 Å². The molecule has 1 fully saturated rings. The molecule has 4 rings (SSSR count). The SMILES string of the molecule is Cc1ccc(NC(=O)N2CCN(c3ccc(-c4ccc(Cl)cc4)nn3)CC2)cc1. The lowest BCUT2D eigenvalue weighted by molar-refractivity contribution is 0.208. The Morgan fingerprint density at radius 2 is 1.59 bits per heavy atom. The Balaban J connectivity index is 1.33. The molecule has 1 aromatic heterocycles. The Morgan fingerprint density at radius 1 is 0.897 bits per heavy atom. The molecule has 0 bridgehead atoms. The van der Waals surface area contributed by atoms with Crippen molar-refractivity contribution >= 4 is 29.1 Å². The quantitative estimate of drug-likeness (QED) is 0.696. The lowest BCUT2D eigenvalue weighted by atomic mass is 10.1. The molecule has 148 valence electrons. The molecule has 2 aromatic carbocycles. The number of carbonyl (C=O) groups is 1. The van der Waals surface area contributed by atoms with Crippen LogP contribution in [-0.2, 0) is 0 Å². The monoisotopic (exact) mass is 407 g/mol. The van der Waals surface area contributed by atoms with Crippen LogP contribution in [0, 0.1) is 6.92 Å². The number of rotatable bonds is 3. The zero-order valence-electron chi connectivity index (χ0n) is 16.2. The first-order valence-corrected chi connectivity index (χ1v) is 9.93. The average molecular weight is 408 g/mol. The largest absolute Gasteiger partial charge is 0.352 e. The molecule has 2 heterocycles. The van der Waals surface area contributed by atoms with Crippen molar-refractivity contribution in [2.75, 3.05) is 36.4 Å². The standard InChI is InChI=1S/C22H22ClN5O/c1-16-2-8-19(9-3-16)24-22(29)28-14-12-27(13-15-28)21-11-10-20(25-26-21)17-4-6-18(23)7-5-17/h2-11H,12-15H2,1H3,(H,24,29). The summed E-state index contributed by atoms with van der Waals surface area (Å²) in [5, 5.41) is 12.4. The fourth-order valence-electron chi connectivity index (χ4n) is 3.25. The van der Waals surface area contributed by atoms with Crippen LogP contribution in [0.15, 0.2) is 60.7 Å². The second-order valence-electron chi connectivity index (χ2n) is 7.05. The van der Waals surface area contributed by atoms with Crippen LogP contribution in [0.2, 0.25) is 5.02 Å². The van der Waals surface area contributed by atoms with Gasteiger partial charge in [0, 0.05) is 42.5 Å². The smallest absolute Gasteiger partial charge is 0.321 e. The maximum absolute atomic E-state index is 12.5. The molecule has 7 heteroatoms. The van der Waals surface area contributed by atoms with Crippen molar-refractivity contribution in [1.82, 2.24) is 15.1 Å². The molecule has 0 aliphatic carbocycles. The van der Waals surface area contributed by atoms with Crippen LogP contribution in [0.1, 0.15) is 5.56 Å². The summed E-state index contributed by atoms with van der Waals surface area (Å²) in [5.74, 6) is 0.821. The van der Waals surface area contributed by atoms with E-state index in [0.29, 0.717) is 18.1 Å². The second kappa shape index (κ2) is 8.49. The Morgan fingerprint density at radius 3 is 2.21 bits per heavy atom. The number of nitrogens with one attached hydrogen (secondary N) is 1. The van der Waals surface area contributed by atoms with Gasteiger partial charge in [-0.25, -0.2) is 4.79 Å². The van der Waals surface area contributed by atoms with Crippen LogP contribution in [-0.4, -0.2) is 47.3 Å². The van der Waals surface area contributed by atoms with E-state index in [1.807, 2.05) is 72.5 Å². The molecule has 0 unspecified atom stereocenters. The van der Waals surface area contributed by atoms with Crippen molar-refractivity contribution in [1.29, 1.82) is 0 Å². The number of halogens is 1. The molecule has 1 aliphatic rings. The minimum absolute atomic E-state index is 0.0716. The molecule has 0 saturated carbocycles. The number of aryl methyl sites for hydroxylation is 1. The highest BCUT2D eigenvalue weighted by molar-refractivity contribution is 6.30. The number of urea groups is 1. The van der Waals surface area contributed by atoms with Crippen molar-refractivity contribution in [2.45, 2.75) is 6.92 Å². The lowest BCUT2D eigenvalue weighted by Gasteiger charge is -2.35. The van der Waals surface area contributed by atoms with E-state index >= 15 is 0 Å². The Bertz CT molecular complexity index is 966. The van der Waals surface area contributed by atoms with E-state index in [-0.39, 0.29) is 6.03 Å². The summed E-state index contributed by atoms with van der Waals surface area (Å²) < 4.78 is 0. The van der Waals surface area contributed by atoms with E-state index in [1.54, 1.807) is 0 Å². The van der Waals surface area contributed by atoms with Gasteiger partial charge in [-0.15, -0.1) is 10.2 Å². The number of amides is 2. The summed E-state index contributed by atoms with van der Waals surface area (Å²) in [6, 6.07) is 19.2. The highest BCUT2D eigenvalue weighted by atomic mass is 35.5. The van der Waals surface area contributed by atoms with Gasteiger partial charge in [-0.3, -0.25) is 0 Å². The predicted molar refractivity (Wildman–Crippen MR) is 116 cm³/mol. The highest BCUT2D eigenvalue weighted by Gasteiger charge is 2.22. The molecule has 0 radical (unpaired) electrons. The van der Waals surface area contributed by atoms with Gasteiger partial charge in [-0.2, -0.15) is 0 Å². The first-order chi connectivity index (χ1) is 14.1. The molecule has 0 atom stereocenters. The molecule has 1 aliphatic heterocycles. The van der Waals surface area contributed by atoms with Gasteiger partial charge in [0.15, 0.2) is 5.82 Å². The molecular formula is C22H22ClN5O. The summed E-state index contributed by atoms with van der Waals surface area (Å²) in [5.41, 5.74) is 3.76. The number of nitrogens with zero attached hydrogens (tertiary/aromatic N) is 4. The van der Waals surface area contributed by atoms with E-state index in [2.05, 4.69) is 20.4 Å². The molecule has 2 amide bonds. The number of aromatic nitrogens is 2. The van der Waals surface area contributed by atoms with Gasteiger partial charge in [0.1, 0.15) is 0 Å². The molecule has 1 saturated heterocycles. The first kappa shape index (κ1) is 19.2. The van der Waals surface area contributed by atoms with Gasteiger partial charge < -0.3 is 15.1 Å². The zero-order chi connectivity index (χ0) is 20.2. The van der Waals surface area contributed by atoms with Crippen molar-refractivity contribution in [2.24, 2.45) is 0 Å².